The van der Waals surface area contributed by atoms with E-state index in [0.717, 1.165) is 11.6 Å². The van der Waals surface area contributed by atoms with Crippen molar-refractivity contribution in [3.8, 4) is 0 Å². The van der Waals surface area contributed by atoms with Crippen LogP contribution in [0.3, 0.4) is 0 Å². The second-order valence-electron chi connectivity index (χ2n) is 7.02. The number of aliphatic carboxylic acids is 1. The van der Waals surface area contributed by atoms with Crippen LogP contribution in [0, 0.1) is 12.8 Å². The second-order valence-corrected chi connectivity index (χ2v) is 7.42. The molecular weight excluding hydrogens is 393 g/mol. The smallest absolute Gasteiger partial charge is 0.417 e. The molecule has 28 heavy (non-hydrogen) atoms. The number of likely N-dealkylation sites (tertiary alicyclic amines) is 1. The fourth-order valence-electron chi connectivity index (χ4n) is 3.70. The van der Waals surface area contributed by atoms with Gasteiger partial charge in [0.15, 0.2) is 0 Å². The highest BCUT2D eigenvalue weighted by atomic mass is 35.5. The summed E-state index contributed by atoms with van der Waals surface area (Å²) in [5, 5.41) is 9.05. The number of aromatic nitrogens is 1. The van der Waals surface area contributed by atoms with E-state index in [9.17, 15) is 23.1 Å². The van der Waals surface area contributed by atoms with Crippen LogP contribution in [0.15, 0.2) is 36.5 Å². The van der Waals surface area contributed by atoms with E-state index in [2.05, 4.69) is 4.98 Å². The Morgan fingerprint density at radius 1 is 1.36 bits per heavy atom. The summed E-state index contributed by atoms with van der Waals surface area (Å²) in [6.07, 6.45) is -1.79. The summed E-state index contributed by atoms with van der Waals surface area (Å²) in [5.41, 5.74) is 0.930. The number of alkyl halides is 3. The van der Waals surface area contributed by atoms with Gasteiger partial charge in [-0.05, 0) is 55.6 Å². The van der Waals surface area contributed by atoms with Crippen molar-refractivity contribution >= 4 is 17.6 Å². The number of benzene rings is 1. The Hall–Kier alpha value is -2.12. The molecule has 2 aromatic rings. The number of carboxylic acid groups (broad SMARTS) is 1. The van der Waals surface area contributed by atoms with Gasteiger partial charge in [0.2, 0.25) is 0 Å². The monoisotopic (exact) mass is 412 g/mol. The Morgan fingerprint density at radius 3 is 2.75 bits per heavy atom. The number of aryl methyl sites for hydroxylation is 1. The van der Waals surface area contributed by atoms with Crippen LogP contribution < -0.4 is 0 Å². The molecule has 1 saturated heterocycles. The minimum atomic E-state index is -4.58. The van der Waals surface area contributed by atoms with Gasteiger partial charge in [0.25, 0.3) is 0 Å². The van der Waals surface area contributed by atoms with Gasteiger partial charge in [-0.3, -0.25) is 14.7 Å². The number of hydrogen-bond acceptors (Lipinski definition) is 3. The lowest BCUT2D eigenvalue weighted by molar-refractivity contribution is -0.143. The standard InChI is InChI=1S/C20H20ClF3N2O2/c1-12-4-2-8-25-17(12)18(26-9-3-5-14(11-26)19(27)28)13-6-7-16(21)15(10-13)20(22,23)24/h2,4,6-8,10,14,18H,3,5,9,11H2,1H3,(H,27,28). The molecule has 2 unspecified atom stereocenters. The topological polar surface area (TPSA) is 53.4 Å². The molecule has 1 aromatic carbocycles. The van der Waals surface area contributed by atoms with E-state index in [1.54, 1.807) is 18.3 Å². The predicted molar refractivity (Wildman–Crippen MR) is 99.2 cm³/mol. The molecule has 0 bridgehead atoms. The first-order valence-electron chi connectivity index (χ1n) is 8.93. The Balaban J connectivity index is 2.10. The fourth-order valence-corrected chi connectivity index (χ4v) is 3.92. The molecule has 150 valence electrons. The summed E-state index contributed by atoms with van der Waals surface area (Å²) in [6, 6.07) is 6.86. The Labute approximate surface area is 166 Å². The lowest BCUT2D eigenvalue weighted by Crippen LogP contribution is -2.41. The Kier molecular flexibility index (Phi) is 5.95. The van der Waals surface area contributed by atoms with Crippen LogP contribution in [-0.4, -0.2) is 34.0 Å². The van der Waals surface area contributed by atoms with Gasteiger partial charge in [-0.15, -0.1) is 0 Å². The van der Waals surface area contributed by atoms with Gasteiger partial charge in [-0.25, -0.2) is 0 Å². The zero-order valence-corrected chi connectivity index (χ0v) is 16.0. The van der Waals surface area contributed by atoms with E-state index in [1.807, 2.05) is 17.9 Å². The molecule has 1 N–H and O–H groups in total. The molecule has 2 atom stereocenters. The first-order valence-corrected chi connectivity index (χ1v) is 9.31. The minimum Gasteiger partial charge on any atom is -0.481 e. The molecule has 1 aliphatic rings. The van der Waals surface area contributed by atoms with Crippen LogP contribution in [0.2, 0.25) is 5.02 Å². The van der Waals surface area contributed by atoms with Gasteiger partial charge in [0, 0.05) is 12.7 Å². The third-order valence-corrected chi connectivity index (χ3v) is 5.42. The second kappa shape index (κ2) is 8.09. The maximum atomic E-state index is 13.4. The van der Waals surface area contributed by atoms with Gasteiger partial charge < -0.3 is 5.11 Å². The maximum absolute atomic E-state index is 13.4. The number of rotatable bonds is 4. The number of hydrogen-bond donors (Lipinski definition) is 1. The lowest BCUT2D eigenvalue weighted by Gasteiger charge is -2.37. The number of carboxylic acids is 1. The van der Waals surface area contributed by atoms with Gasteiger partial charge in [0.05, 0.1) is 28.2 Å². The summed E-state index contributed by atoms with van der Waals surface area (Å²) in [7, 11) is 0. The van der Waals surface area contributed by atoms with Crippen molar-refractivity contribution in [1.82, 2.24) is 9.88 Å². The molecule has 0 radical (unpaired) electrons. The SMILES string of the molecule is Cc1cccnc1C(c1ccc(Cl)c(C(F)(F)F)c1)N1CCCC(C(=O)O)C1. The van der Waals surface area contributed by atoms with Crippen LogP contribution in [0.4, 0.5) is 13.2 Å². The lowest BCUT2D eigenvalue weighted by atomic mass is 9.91. The number of piperidine rings is 1. The quantitative estimate of drug-likeness (QED) is 0.772. The van der Waals surface area contributed by atoms with E-state index in [4.69, 9.17) is 11.6 Å². The van der Waals surface area contributed by atoms with Crippen LogP contribution >= 0.6 is 11.6 Å². The summed E-state index contributed by atoms with van der Waals surface area (Å²) >= 11 is 5.79. The number of pyridine rings is 1. The molecule has 0 saturated carbocycles. The molecule has 0 aliphatic carbocycles. The van der Waals surface area contributed by atoms with Crippen molar-refractivity contribution in [1.29, 1.82) is 0 Å². The maximum Gasteiger partial charge on any atom is 0.417 e. The highest BCUT2D eigenvalue weighted by Gasteiger charge is 2.36. The zero-order valence-electron chi connectivity index (χ0n) is 15.2. The molecular formula is C20H20ClF3N2O2. The molecule has 3 rings (SSSR count). The summed E-state index contributed by atoms with van der Waals surface area (Å²) in [5.74, 6) is -1.46. The van der Waals surface area contributed by atoms with Crippen molar-refractivity contribution in [2.45, 2.75) is 32.0 Å². The van der Waals surface area contributed by atoms with Crippen molar-refractivity contribution in [2.75, 3.05) is 13.1 Å². The molecule has 8 heteroatoms. The number of nitrogens with zero attached hydrogens (tertiary/aromatic N) is 2. The third-order valence-electron chi connectivity index (χ3n) is 5.09. The molecule has 0 amide bonds. The van der Waals surface area contributed by atoms with Crippen molar-refractivity contribution in [3.63, 3.8) is 0 Å². The van der Waals surface area contributed by atoms with E-state index < -0.39 is 29.7 Å². The van der Waals surface area contributed by atoms with Gasteiger partial charge in [-0.1, -0.05) is 23.7 Å². The minimum absolute atomic E-state index is 0.250. The normalized spacial score (nSPS) is 19.4. The largest absolute Gasteiger partial charge is 0.481 e. The molecule has 2 heterocycles. The highest BCUT2D eigenvalue weighted by Crippen LogP contribution is 2.39. The molecule has 1 aliphatic heterocycles. The average Bonchev–Trinajstić information content (AvgIpc) is 2.64. The van der Waals surface area contributed by atoms with E-state index >= 15 is 0 Å². The van der Waals surface area contributed by atoms with Crippen molar-refractivity contribution in [2.24, 2.45) is 5.92 Å². The number of halogens is 4. The first kappa shape index (κ1) is 20.6. The Bertz CT molecular complexity index is 873. The first-order chi connectivity index (χ1) is 13.2. The van der Waals surface area contributed by atoms with Gasteiger partial charge in [-0.2, -0.15) is 13.2 Å². The average molecular weight is 413 g/mol. The van der Waals surface area contributed by atoms with Crippen LogP contribution in [0.25, 0.3) is 0 Å². The van der Waals surface area contributed by atoms with Gasteiger partial charge >= 0.3 is 12.1 Å². The van der Waals surface area contributed by atoms with Crippen LogP contribution in [-0.2, 0) is 11.0 Å². The molecule has 0 spiro atoms. The highest BCUT2D eigenvalue weighted by molar-refractivity contribution is 6.31. The van der Waals surface area contributed by atoms with Crippen molar-refractivity contribution < 1.29 is 23.1 Å². The Morgan fingerprint density at radius 2 is 2.11 bits per heavy atom. The number of carbonyl (C=O) groups is 1. The molecule has 4 nitrogen and oxygen atoms in total. The van der Waals surface area contributed by atoms with Crippen LogP contribution in [0.1, 0.15) is 41.3 Å². The summed E-state index contributed by atoms with van der Waals surface area (Å²) in [4.78, 5) is 17.8. The zero-order chi connectivity index (χ0) is 20.5. The molecule has 1 aromatic heterocycles. The summed E-state index contributed by atoms with van der Waals surface area (Å²) in [6.45, 7) is 2.67. The van der Waals surface area contributed by atoms with E-state index in [0.29, 0.717) is 30.6 Å². The van der Waals surface area contributed by atoms with Crippen molar-refractivity contribution in [3.05, 3.63) is 63.9 Å². The fraction of sp³-hybridized carbons (Fsp3) is 0.400. The third kappa shape index (κ3) is 4.31. The summed E-state index contributed by atoms with van der Waals surface area (Å²) < 4.78 is 40.2. The van der Waals surface area contributed by atoms with E-state index in [-0.39, 0.29) is 11.6 Å². The predicted octanol–water partition coefficient (Wildman–Crippen LogP) is 4.95. The van der Waals surface area contributed by atoms with E-state index in [1.165, 1.54) is 6.07 Å². The van der Waals surface area contributed by atoms with Gasteiger partial charge in [0.1, 0.15) is 0 Å². The molecule has 1 fully saturated rings. The van der Waals surface area contributed by atoms with Crippen LogP contribution in [0.5, 0.6) is 0 Å².